The van der Waals surface area contributed by atoms with Gasteiger partial charge in [0.15, 0.2) is 0 Å². The van der Waals surface area contributed by atoms with E-state index in [2.05, 4.69) is 4.72 Å². The molecule has 22 heavy (non-hydrogen) atoms. The van der Waals surface area contributed by atoms with Crippen LogP contribution in [0.2, 0.25) is 0 Å². The molecule has 2 rings (SSSR count). The van der Waals surface area contributed by atoms with Crippen LogP contribution in [0, 0.1) is 6.92 Å². The third kappa shape index (κ3) is 4.51. The van der Waals surface area contributed by atoms with Crippen LogP contribution in [0.3, 0.4) is 0 Å². The largest absolute Gasteiger partial charge is 0.481 e. The Morgan fingerprint density at radius 3 is 2.23 bits per heavy atom. The van der Waals surface area contributed by atoms with Gasteiger partial charge in [-0.2, -0.15) is 0 Å². The number of aryl methyl sites for hydroxylation is 1. The van der Waals surface area contributed by atoms with Gasteiger partial charge in [-0.05, 0) is 43.3 Å². The lowest BCUT2D eigenvalue weighted by Gasteiger charge is -2.09. The normalized spacial score (nSPS) is 11.1. The number of carbonyl (C=O) groups is 1. The van der Waals surface area contributed by atoms with Crippen molar-refractivity contribution in [1.82, 2.24) is 0 Å². The summed E-state index contributed by atoms with van der Waals surface area (Å²) in [5.74, 6) is -0.928. The van der Waals surface area contributed by atoms with Crippen molar-refractivity contribution in [2.24, 2.45) is 0 Å². The first-order valence-electron chi connectivity index (χ1n) is 6.41. The number of aliphatic carboxylic acids is 1. The van der Waals surface area contributed by atoms with Gasteiger partial charge in [-0.15, -0.1) is 11.8 Å². The summed E-state index contributed by atoms with van der Waals surface area (Å²) in [4.78, 5) is 11.5. The number of carboxylic acids is 1. The lowest BCUT2D eigenvalue weighted by Crippen LogP contribution is -2.12. The lowest BCUT2D eigenvalue weighted by molar-refractivity contribution is -0.133. The van der Waals surface area contributed by atoms with Gasteiger partial charge in [-0.25, -0.2) is 8.42 Å². The Hall–Kier alpha value is -1.99. The molecular weight excluding hydrogens is 322 g/mol. The Labute approximate surface area is 133 Å². The topological polar surface area (TPSA) is 83.5 Å². The van der Waals surface area contributed by atoms with Gasteiger partial charge in [0.05, 0.1) is 10.6 Å². The van der Waals surface area contributed by atoms with Crippen molar-refractivity contribution in [3.63, 3.8) is 0 Å². The summed E-state index contributed by atoms with van der Waals surface area (Å²) < 4.78 is 26.9. The maximum atomic E-state index is 12.2. The van der Waals surface area contributed by atoms with Gasteiger partial charge < -0.3 is 5.11 Å². The van der Waals surface area contributed by atoms with Crippen LogP contribution in [0.15, 0.2) is 58.3 Å². The number of nitrogens with one attached hydrogen (secondary N) is 1. The third-order valence-corrected chi connectivity index (χ3v) is 5.19. The standard InChI is InChI=1S/C15H15NO4S2/c1-11-2-8-14(9-3-11)22(19,20)16-12-4-6-13(7-5-12)21-10-15(17)18/h2-9,16H,10H2,1H3,(H,17,18). The average Bonchev–Trinajstić information content (AvgIpc) is 2.46. The molecule has 0 bridgehead atoms. The van der Waals surface area contributed by atoms with Crippen molar-refractivity contribution in [3.05, 3.63) is 54.1 Å². The summed E-state index contributed by atoms with van der Waals surface area (Å²) in [6, 6.07) is 13.1. The molecule has 0 aliphatic heterocycles. The molecule has 0 heterocycles. The molecule has 0 fully saturated rings. The molecule has 0 spiro atoms. The van der Waals surface area contributed by atoms with Crippen LogP contribution in [0.25, 0.3) is 0 Å². The molecule has 2 aromatic carbocycles. The van der Waals surface area contributed by atoms with E-state index in [0.29, 0.717) is 5.69 Å². The highest BCUT2D eigenvalue weighted by Gasteiger charge is 2.13. The Morgan fingerprint density at radius 2 is 1.68 bits per heavy atom. The first kappa shape index (κ1) is 16.4. The van der Waals surface area contributed by atoms with Crippen LogP contribution in [0.5, 0.6) is 0 Å². The van der Waals surface area contributed by atoms with Crippen molar-refractivity contribution >= 4 is 33.4 Å². The number of sulfonamides is 1. The SMILES string of the molecule is Cc1ccc(S(=O)(=O)Nc2ccc(SCC(=O)O)cc2)cc1. The number of benzene rings is 2. The molecule has 0 aromatic heterocycles. The molecule has 7 heteroatoms. The Morgan fingerprint density at radius 1 is 1.09 bits per heavy atom. The monoisotopic (exact) mass is 337 g/mol. The van der Waals surface area contributed by atoms with Gasteiger partial charge >= 0.3 is 5.97 Å². The van der Waals surface area contributed by atoms with E-state index < -0.39 is 16.0 Å². The molecule has 116 valence electrons. The second-order valence-corrected chi connectivity index (χ2v) is 7.36. The zero-order valence-corrected chi connectivity index (χ0v) is 13.4. The first-order valence-corrected chi connectivity index (χ1v) is 8.88. The molecule has 0 aliphatic carbocycles. The summed E-state index contributed by atoms with van der Waals surface area (Å²) in [6.07, 6.45) is 0. The fraction of sp³-hybridized carbons (Fsp3) is 0.133. The van der Waals surface area contributed by atoms with Crippen LogP contribution in [0.1, 0.15) is 5.56 Å². The molecule has 0 unspecified atom stereocenters. The van der Waals surface area contributed by atoms with Crippen LogP contribution in [-0.4, -0.2) is 25.2 Å². The highest BCUT2D eigenvalue weighted by atomic mass is 32.2. The molecule has 2 N–H and O–H groups in total. The quantitative estimate of drug-likeness (QED) is 0.792. The molecule has 0 saturated carbocycles. The van der Waals surface area contributed by atoms with E-state index in [-0.39, 0.29) is 10.6 Å². The Balaban J connectivity index is 2.09. The third-order valence-electron chi connectivity index (χ3n) is 2.80. The summed E-state index contributed by atoms with van der Waals surface area (Å²) in [6.45, 7) is 1.89. The first-order chi connectivity index (χ1) is 10.4. The Bertz CT molecular complexity index is 753. The Kier molecular flexibility index (Phi) is 5.10. The number of rotatable bonds is 6. The second-order valence-electron chi connectivity index (χ2n) is 4.63. The molecule has 0 atom stereocenters. The highest BCUT2D eigenvalue weighted by molar-refractivity contribution is 8.00. The van der Waals surface area contributed by atoms with Crippen LogP contribution in [0.4, 0.5) is 5.69 Å². The van der Waals surface area contributed by atoms with Gasteiger partial charge in [0.2, 0.25) is 0 Å². The van der Waals surface area contributed by atoms with Gasteiger partial charge in [0.25, 0.3) is 10.0 Å². The average molecular weight is 337 g/mol. The van der Waals surface area contributed by atoms with Gasteiger partial charge in [-0.3, -0.25) is 9.52 Å². The zero-order valence-electron chi connectivity index (χ0n) is 11.8. The number of thioether (sulfide) groups is 1. The van der Waals surface area contributed by atoms with Crippen molar-refractivity contribution in [2.45, 2.75) is 16.7 Å². The molecule has 0 saturated heterocycles. The van der Waals surface area contributed by atoms with Crippen molar-refractivity contribution < 1.29 is 18.3 Å². The fourth-order valence-electron chi connectivity index (χ4n) is 1.70. The summed E-state index contributed by atoms with van der Waals surface area (Å²) in [5, 5.41) is 8.62. The maximum Gasteiger partial charge on any atom is 0.313 e. The van der Waals surface area contributed by atoms with Crippen molar-refractivity contribution in [1.29, 1.82) is 0 Å². The van der Waals surface area contributed by atoms with Crippen molar-refractivity contribution in [2.75, 3.05) is 10.5 Å². The molecule has 5 nitrogen and oxygen atoms in total. The predicted molar refractivity (Wildman–Crippen MR) is 86.8 cm³/mol. The number of hydrogen-bond acceptors (Lipinski definition) is 4. The van der Waals surface area contributed by atoms with E-state index in [1.54, 1.807) is 48.5 Å². The minimum atomic E-state index is -3.62. The number of anilines is 1. The minimum Gasteiger partial charge on any atom is -0.481 e. The zero-order chi connectivity index (χ0) is 16.2. The fourth-order valence-corrected chi connectivity index (χ4v) is 3.37. The summed E-state index contributed by atoms with van der Waals surface area (Å²) >= 11 is 1.18. The van der Waals surface area contributed by atoms with Gasteiger partial charge in [-0.1, -0.05) is 17.7 Å². The van der Waals surface area contributed by atoms with Crippen molar-refractivity contribution in [3.8, 4) is 0 Å². The molecule has 0 amide bonds. The van der Waals surface area contributed by atoms with Gasteiger partial charge in [0, 0.05) is 10.6 Å². The lowest BCUT2D eigenvalue weighted by atomic mass is 10.2. The maximum absolute atomic E-state index is 12.2. The van der Waals surface area contributed by atoms with E-state index in [1.807, 2.05) is 6.92 Å². The van der Waals surface area contributed by atoms with E-state index in [9.17, 15) is 13.2 Å². The summed E-state index contributed by atoms with van der Waals surface area (Å²) in [7, 11) is -3.62. The molecule has 2 aromatic rings. The van der Waals surface area contributed by atoms with E-state index >= 15 is 0 Å². The molecule has 0 aliphatic rings. The molecular formula is C15H15NO4S2. The van der Waals surface area contributed by atoms with Crippen LogP contribution in [-0.2, 0) is 14.8 Å². The van der Waals surface area contributed by atoms with E-state index in [0.717, 1.165) is 10.5 Å². The van der Waals surface area contributed by atoms with E-state index in [1.165, 1.54) is 11.8 Å². The van der Waals surface area contributed by atoms with Crippen LogP contribution >= 0.6 is 11.8 Å². The minimum absolute atomic E-state index is 0.0333. The second kappa shape index (κ2) is 6.85. The smallest absolute Gasteiger partial charge is 0.313 e. The molecule has 0 radical (unpaired) electrons. The predicted octanol–water partition coefficient (Wildman–Crippen LogP) is 2.97. The summed E-state index contributed by atoms with van der Waals surface area (Å²) in [5.41, 5.74) is 1.42. The van der Waals surface area contributed by atoms with E-state index in [4.69, 9.17) is 5.11 Å². The highest BCUT2D eigenvalue weighted by Crippen LogP contribution is 2.22. The van der Waals surface area contributed by atoms with Gasteiger partial charge in [0.1, 0.15) is 0 Å². The number of hydrogen-bond donors (Lipinski definition) is 2. The number of carboxylic acid groups (broad SMARTS) is 1. The van der Waals surface area contributed by atoms with Crippen LogP contribution < -0.4 is 4.72 Å².